The van der Waals surface area contributed by atoms with Crippen LogP contribution in [-0.2, 0) is 4.79 Å². The van der Waals surface area contributed by atoms with Gasteiger partial charge in [-0.25, -0.2) is 4.90 Å². The summed E-state index contributed by atoms with van der Waals surface area (Å²) in [5.41, 5.74) is 4.81. The highest BCUT2D eigenvalue weighted by Gasteiger charge is 2.45. The average molecular weight is 450 g/mol. The largest absolute Gasteiger partial charge is 0.325 e. The van der Waals surface area contributed by atoms with E-state index in [-0.39, 0.29) is 11.5 Å². The molecule has 2 aromatic carbocycles. The molecule has 4 rings (SSSR count). The molecule has 2 heterocycles. The van der Waals surface area contributed by atoms with Crippen molar-refractivity contribution in [3.63, 3.8) is 0 Å². The minimum Gasteiger partial charge on any atom is -0.291 e. The van der Waals surface area contributed by atoms with Crippen molar-refractivity contribution in [1.29, 1.82) is 0 Å². The van der Waals surface area contributed by atoms with Gasteiger partial charge in [-0.05, 0) is 48.7 Å². The Labute approximate surface area is 192 Å². The van der Waals surface area contributed by atoms with Crippen LogP contribution in [0.25, 0.3) is 11.3 Å². The van der Waals surface area contributed by atoms with Gasteiger partial charge in [0.05, 0.1) is 11.3 Å². The second kappa shape index (κ2) is 9.28. The molecule has 0 saturated carbocycles. The summed E-state index contributed by atoms with van der Waals surface area (Å²) in [4.78, 5) is 31.0. The number of hydrogen-bond donors (Lipinski definition) is 1. The van der Waals surface area contributed by atoms with E-state index in [0.29, 0.717) is 16.4 Å². The third-order valence-corrected chi connectivity index (χ3v) is 6.75. The van der Waals surface area contributed by atoms with Crippen LogP contribution >= 0.6 is 11.8 Å². The zero-order valence-corrected chi connectivity index (χ0v) is 19.8. The van der Waals surface area contributed by atoms with E-state index in [1.54, 1.807) is 28.3 Å². The summed E-state index contributed by atoms with van der Waals surface area (Å²) in [5.74, 6) is 0.790. The SMILES string of the molecule is CCCCCSc1n[n+]2c(c(=O)[nH]1)-c1ccccc1N(C(C)=O)C2c1cc(C)ccc1C. The molecule has 6 nitrogen and oxygen atoms in total. The number of unbranched alkanes of at least 4 members (excludes halogenated alkanes) is 2. The van der Waals surface area contributed by atoms with Gasteiger partial charge in [0.25, 0.3) is 6.17 Å². The van der Waals surface area contributed by atoms with Gasteiger partial charge in [0.1, 0.15) is 0 Å². The number of carbonyl (C=O) groups excluding carboxylic acids is 1. The Bertz CT molecular complexity index is 1220. The van der Waals surface area contributed by atoms with Crippen molar-refractivity contribution in [3.8, 4) is 11.3 Å². The Hall–Kier alpha value is -2.93. The van der Waals surface area contributed by atoms with Gasteiger partial charge < -0.3 is 0 Å². The summed E-state index contributed by atoms with van der Waals surface area (Å²) in [6.45, 7) is 7.79. The lowest BCUT2D eigenvalue weighted by Gasteiger charge is -2.32. The lowest BCUT2D eigenvalue weighted by atomic mass is 9.97. The number of rotatable bonds is 6. The normalized spacial score (nSPS) is 14.8. The minimum atomic E-state index is -0.533. The summed E-state index contributed by atoms with van der Waals surface area (Å²) >= 11 is 1.55. The Balaban J connectivity index is 1.95. The molecule has 1 atom stereocenters. The molecule has 1 amide bonds. The molecule has 1 unspecified atom stereocenters. The van der Waals surface area contributed by atoms with Crippen molar-refractivity contribution in [2.75, 3.05) is 10.7 Å². The predicted octanol–water partition coefficient (Wildman–Crippen LogP) is 4.54. The van der Waals surface area contributed by atoms with Gasteiger partial charge in [0.2, 0.25) is 11.1 Å². The van der Waals surface area contributed by atoms with E-state index in [4.69, 9.17) is 5.10 Å². The quantitative estimate of drug-likeness (QED) is 0.341. The summed E-state index contributed by atoms with van der Waals surface area (Å²) in [6.07, 6.45) is 2.82. The first-order chi connectivity index (χ1) is 15.4. The van der Waals surface area contributed by atoms with Gasteiger partial charge in [-0.2, -0.15) is 0 Å². The van der Waals surface area contributed by atoms with Crippen molar-refractivity contribution in [2.24, 2.45) is 0 Å². The molecule has 0 fully saturated rings. The zero-order chi connectivity index (χ0) is 22.8. The van der Waals surface area contributed by atoms with Gasteiger partial charge >= 0.3 is 11.3 Å². The first kappa shape index (κ1) is 22.3. The summed E-state index contributed by atoms with van der Waals surface area (Å²) in [6, 6.07) is 13.7. The fraction of sp³-hybridized carbons (Fsp3) is 0.360. The highest BCUT2D eigenvalue weighted by Crippen LogP contribution is 2.38. The van der Waals surface area contributed by atoms with Crippen LogP contribution in [0.2, 0.25) is 0 Å². The average Bonchev–Trinajstić information content (AvgIpc) is 2.77. The smallest absolute Gasteiger partial charge is 0.291 e. The van der Waals surface area contributed by atoms with Crippen molar-refractivity contribution < 1.29 is 9.48 Å². The Morgan fingerprint density at radius 3 is 2.72 bits per heavy atom. The van der Waals surface area contributed by atoms with Crippen LogP contribution in [0.15, 0.2) is 52.4 Å². The van der Waals surface area contributed by atoms with Crippen LogP contribution in [0, 0.1) is 13.8 Å². The lowest BCUT2D eigenvalue weighted by Crippen LogP contribution is -2.60. The number of nitrogens with one attached hydrogen (secondary N) is 1. The zero-order valence-electron chi connectivity index (χ0n) is 19.0. The minimum absolute atomic E-state index is 0.0965. The van der Waals surface area contributed by atoms with Crippen molar-refractivity contribution in [2.45, 2.75) is 58.3 Å². The second-order valence-electron chi connectivity index (χ2n) is 8.25. The van der Waals surface area contributed by atoms with E-state index < -0.39 is 6.17 Å². The number of aromatic amines is 1. The maximum atomic E-state index is 13.3. The van der Waals surface area contributed by atoms with Crippen LogP contribution in [0.4, 0.5) is 5.69 Å². The number of para-hydroxylation sites is 1. The summed E-state index contributed by atoms with van der Waals surface area (Å²) < 4.78 is 1.74. The predicted molar refractivity (Wildman–Crippen MR) is 128 cm³/mol. The lowest BCUT2D eigenvalue weighted by molar-refractivity contribution is -0.763. The van der Waals surface area contributed by atoms with E-state index >= 15 is 0 Å². The molecule has 0 bridgehead atoms. The molecule has 1 aromatic heterocycles. The van der Waals surface area contributed by atoms with Crippen LogP contribution < -0.4 is 15.1 Å². The summed E-state index contributed by atoms with van der Waals surface area (Å²) in [7, 11) is 0. The van der Waals surface area contributed by atoms with Crippen molar-refractivity contribution >= 4 is 23.4 Å². The number of H-pyrrole nitrogens is 1. The van der Waals surface area contributed by atoms with Crippen LogP contribution in [-0.4, -0.2) is 21.7 Å². The fourth-order valence-electron chi connectivity index (χ4n) is 4.22. The van der Waals surface area contributed by atoms with Crippen LogP contribution in [0.5, 0.6) is 0 Å². The number of fused-ring (bicyclic) bond motifs is 3. The number of amides is 1. The first-order valence-corrected chi connectivity index (χ1v) is 12.1. The van der Waals surface area contributed by atoms with E-state index in [1.807, 2.05) is 38.1 Å². The highest BCUT2D eigenvalue weighted by atomic mass is 32.2. The van der Waals surface area contributed by atoms with E-state index in [1.165, 1.54) is 0 Å². The van der Waals surface area contributed by atoms with Gasteiger partial charge in [0.15, 0.2) is 0 Å². The van der Waals surface area contributed by atoms with Gasteiger partial charge in [0, 0.05) is 23.3 Å². The standard InChI is InChI=1S/C25H28N4O2S/c1-5-6-9-14-32-25-26-23(31)22-19-10-7-8-11-21(19)28(18(4)30)24(29(22)27-25)20-15-16(2)12-13-17(20)3/h7-8,10-13,15,24H,5-6,9,14H2,1-4H3/p+1. The molecule has 1 aliphatic heterocycles. The van der Waals surface area contributed by atoms with Crippen LogP contribution in [0.1, 0.15) is 56.0 Å². The first-order valence-electron chi connectivity index (χ1n) is 11.1. The molecule has 1 N–H and O–H groups in total. The van der Waals surface area contributed by atoms with E-state index in [0.717, 1.165) is 47.4 Å². The number of aromatic nitrogens is 3. The summed E-state index contributed by atoms with van der Waals surface area (Å²) in [5, 5.41) is 5.44. The van der Waals surface area contributed by atoms with E-state index in [2.05, 4.69) is 30.1 Å². The number of anilines is 1. The maximum absolute atomic E-state index is 13.3. The maximum Gasteiger partial charge on any atom is 0.325 e. The second-order valence-corrected chi connectivity index (χ2v) is 9.33. The highest BCUT2D eigenvalue weighted by molar-refractivity contribution is 7.99. The van der Waals surface area contributed by atoms with Crippen molar-refractivity contribution in [1.82, 2.24) is 10.1 Å². The number of aryl methyl sites for hydroxylation is 2. The molecule has 32 heavy (non-hydrogen) atoms. The monoisotopic (exact) mass is 449 g/mol. The molecule has 7 heteroatoms. The number of benzene rings is 2. The van der Waals surface area contributed by atoms with Gasteiger partial charge in [-0.3, -0.25) is 14.6 Å². The molecule has 0 radical (unpaired) electrons. The molecular weight excluding hydrogens is 420 g/mol. The molecule has 3 aromatic rings. The Morgan fingerprint density at radius 1 is 1.19 bits per heavy atom. The molecular formula is C25H29N4O2S+. The van der Waals surface area contributed by atoms with Crippen LogP contribution in [0.3, 0.4) is 0 Å². The van der Waals surface area contributed by atoms with Gasteiger partial charge in [-0.1, -0.05) is 61.4 Å². The number of nitrogens with zero attached hydrogens (tertiary/aromatic N) is 3. The van der Waals surface area contributed by atoms with E-state index in [9.17, 15) is 9.59 Å². The number of carbonyl (C=O) groups is 1. The molecule has 166 valence electrons. The third kappa shape index (κ3) is 4.09. The Kier molecular flexibility index (Phi) is 6.46. The topological polar surface area (TPSA) is 69.9 Å². The molecule has 0 saturated heterocycles. The molecule has 0 aliphatic carbocycles. The van der Waals surface area contributed by atoms with Gasteiger partial charge in [-0.15, -0.1) is 0 Å². The number of thioether (sulfide) groups is 1. The number of hydrogen-bond acceptors (Lipinski definition) is 4. The Morgan fingerprint density at radius 2 is 1.97 bits per heavy atom. The fourth-order valence-corrected chi connectivity index (χ4v) is 5.07. The third-order valence-electron chi connectivity index (χ3n) is 5.80. The molecule has 1 aliphatic rings. The molecule has 0 spiro atoms. The van der Waals surface area contributed by atoms with Crippen molar-refractivity contribution in [3.05, 3.63) is 69.5 Å².